The van der Waals surface area contributed by atoms with Crippen molar-refractivity contribution in [3.63, 3.8) is 0 Å². The van der Waals surface area contributed by atoms with Crippen LogP contribution in [-0.2, 0) is 6.42 Å². The zero-order valence-electron chi connectivity index (χ0n) is 15.7. The van der Waals surface area contributed by atoms with Crippen LogP contribution < -0.4 is 10.1 Å². The molecule has 27 heavy (non-hydrogen) atoms. The molecule has 0 fully saturated rings. The summed E-state index contributed by atoms with van der Waals surface area (Å²) < 4.78 is 5.48. The van der Waals surface area contributed by atoms with Gasteiger partial charge in [-0.15, -0.1) is 0 Å². The number of hydrogen-bond acceptors (Lipinski definition) is 4. The number of hydrogen-bond donors (Lipinski definition) is 3. The highest BCUT2D eigenvalue weighted by Crippen LogP contribution is 2.12. The summed E-state index contributed by atoms with van der Waals surface area (Å²) in [5.41, 5.74) is 2.11. The average molecular weight is 372 g/mol. The van der Waals surface area contributed by atoms with Crippen molar-refractivity contribution in [2.75, 3.05) is 31.6 Å². The lowest BCUT2D eigenvalue weighted by Gasteiger charge is -2.22. The van der Waals surface area contributed by atoms with Crippen molar-refractivity contribution in [3.05, 3.63) is 60.2 Å². The first-order valence-electron chi connectivity index (χ1n) is 9.25. The molecule has 0 bridgehead atoms. The number of benzene rings is 2. The van der Waals surface area contributed by atoms with E-state index in [-0.39, 0.29) is 13.2 Å². The number of para-hydroxylation sites is 1. The Balaban J connectivity index is 1.79. The third-order valence-electron chi connectivity index (χ3n) is 4.09. The first kappa shape index (κ1) is 20.6. The fraction of sp³-hybridized carbons (Fsp3) is 0.381. The number of amides is 1. The summed E-state index contributed by atoms with van der Waals surface area (Å²) in [4.78, 5) is 12.7. The van der Waals surface area contributed by atoms with Gasteiger partial charge in [0.1, 0.15) is 18.5 Å². The highest BCUT2D eigenvalue weighted by atomic mass is 16.5. The van der Waals surface area contributed by atoms with Gasteiger partial charge in [0.05, 0.1) is 6.54 Å². The Bertz CT molecular complexity index is 676. The number of anilines is 1. The zero-order chi connectivity index (χ0) is 19.5. The molecular formula is C21H28N2O4. The van der Waals surface area contributed by atoms with E-state index in [9.17, 15) is 15.0 Å². The Hall–Kier alpha value is -2.73. The highest BCUT2D eigenvalue weighted by Gasteiger charge is 2.17. The smallest absolute Gasteiger partial charge is 0.407 e. The van der Waals surface area contributed by atoms with Crippen molar-refractivity contribution in [1.29, 1.82) is 0 Å². The fourth-order valence-electron chi connectivity index (χ4n) is 2.60. The largest absolute Gasteiger partial charge is 0.491 e. The van der Waals surface area contributed by atoms with E-state index in [1.165, 1.54) is 4.90 Å². The lowest BCUT2D eigenvalue weighted by Crippen LogP contribution is -2.40. The highest BCUT2D eigenvalue weighted by molar-refractivity contribution is 5.65. The number of carbonyl (C=O) groups is 1. The van der Waals surface area contributed by atoms with E-state index in [1.54, 1.807) is 12.1 Å². The van der Waals surface area contributed by atoms with Crippen LogP contribution in [0.15, 0.2) is 54.6 Å². The van der Waals surface area contributed by atoms with Crippen molar-refractivity contribution in [2.45, 2.75) is 25.9 Å². The number of rotatable bonds is 11. The molecule has 0 aliphatic rings. The van der Waals surface area contributed by atoms with Crippen molar-refractivity contribution >= 4 is 11.8 Å². The Labute approximate surface area is 160 Å². The summed E-state index contributed by atoms with van der Waals surface area (Å²) in [7, 11) is 0. The van der Waals surface area contributed by atoms with Gasteiger partial charge in [-0.2, -0.15) is 0 Å². The second-order valence-electron chi connectivity index (χ2n) is 6.38. The molecule has 1 unspecified atom stereocenters. The molecule has 0 saturated heterocycles. The first-order valence-corrected chi connectivity index (χ1v) is 9.25. The fourth-order valence-corrected chi connectivity index (χ4v) is 2.60. The van der Waals surface area contributed by atoms with Crippen LogP contribution in [0.4, 0.5) is 10.5 Å². The SMILES string of the molecule is CCCNc1ccc(CCN(CC(O)COc2ccccc2)C(=O)O)cc1. The van der Waals surface area contributed by atoms with Gasteiger partial charge in [0.2, 0.25) is 0 Å². The summed E-state index contributed by atoms with van der Waals surface area (Å²) >= 11 is 0. The van der Waals surface area contributed by atoms with Crippen LogP contribution in [0.25, 0.3) is 0 Å². The monoisotopic (exact) mass is 372 g/mol. The van der Waals surface area contributed by atoms with Crippen LogP contribution in [-0.4, -0.2) is 53.6 Å². The van der Waals surface area contributed by atoms with Gasteiger partial charge >= 0.3 is 6.09 Å². The van der Waals surface area contributed by atoms with Crippen LogP contribution in [0, 0.1) is 0 Å². The summed E-state index contributed by atoms with van der Waals surface area (Å²) in [5.74, 6) is 0.648. The molecule has 2 aromatic rings. The molecule has 1 atom stereocenters. The average Bonchev–Trinajstić information content (AvgIpc) is 2.69. The summed E-state index contributed by atoms with van der Waals surface area (Å²) in [6, 6.07) is 17.1. The van der Waals surface area contributed by atoms with E-state index < -0.39 is 12.2 Å². The molecule has 0 heterocycles. The molecule has 0 aliphatic carbocycles. The summed E-state index contributed by atoms with van der Waals surface area (Å²) in [6.07, 6.45) is -0.282. The molecule has 0 aromatic heterocycles. The van der Waals surface area contributed by atoms with Gasteiger partial charge in [-0.3, -0.25) is 0 Å². The van der Waals surface area contributed by atoms with E-state index in [2.05, 4.69) is 12.2 Å². The van der Waals surface area contributed by atoms with Crippen molar-refractivity contribution in [1.82, 2.24) is 4.90 Å². The minimum atomic E-state index is -1.05. The van der Waals surface area contributed by atoms with E-state index >= 15 is 0 Å². The molecule has 2 aromatic carbocycles. The Morgan fingerprint density at radius 1 is 1.15 bits per heavy atom. The van der Waals surface area contributed by atoms with Gasteiger partial charge in [-0.05, 0) is 42.7 Å². The van der Waals surface area contributed by atoms with E-state index in [1.807, 2.05) is 42.5 Å². The second kappa shape index (κ2) is 11.1. The lowest BCUT2D eigenvalue weighted by molar-refractivity contribution is 0.0655. The van der Waals surface area contributed by atoms with Crippen molar-refractivity contribution in [3.8, 4) is 5.75 Å². The van der Waals surface area contributed by atoms with E-state index in [4.69, 9.17) is 4.74 Å². The Kier molecular flexibility index (Phi) is 8.45. The van der Waals surface area contributed by atoms with Crippen molar-refractivity contribution in [2.24, 2.45) is 0 Å². The molecule has 1 amide bonds. The molecule has 2 rings (SSSR count). The van der Waals surface area contributed by atoms with E-state index in [0.717, 1.165) is 24.2 Å². The standard InChI is InChI=1S/C21H28N2O4/c1-2-13-22-18-10-8-17(9-11-18)12-14-23(21(25)26)15-19(24)16-27-20-6-4-3-5-7-20/h3-11,19,22,24H,2,12-16H2,1H3,(H,25,26). The maximum atomic E-state index is 11.5. The quantitative estimate of drug-likeness (QED) is 0.563. The molecule has 6 heteroatoms. The Morgan fingerprint density at radius 2 is 1.85 bits per heavy atom. The third-order valence-corrected chi connectivity index (χ3v) is 4.09. The van der Waals surface area contributed by atoms with Gasteiger partial charge in [0.15, 0.2) is 0 Å². The summed E-state index contributed by atoms with van der Waals surface area (Å²) in [6.45, 7) is 3.42. The zero-order valence-corrected chi connectivity index (χ0v) is 15.7. The minimum absolute atomic E-state index is 0.0122. The maximum absolute atomic E-state index is 11.5. The third kappa shape index (κ3) is 7.58. The Morgan fingerprint density at radius 3 is 2.48 bits per heavy atom. The number of aliphatic hydroxyl groups excluding tert-OH is 1. The van der Waals surface area contributed by atoms with Crippen LogP contribution in [0.1, 0.15) is 18.9 Å². The molecule has 0 radical (unpaired) electrons. The molecule has 6 nitrogen and oxygen atoms in total. The van der Waals surface area contributed by atoms with Crippen molar-refractivity contribution < 1.29 is 19.7 Å². The van der Waals surface area contributed by atoms with Gasteiger partial charge in [-0.1, -0.05) is 37.3 Å². The number of nitrogens with one attached hydrogen (secondary N) is 1. The number of carboxylic acid groups (broad SMARTS) is 1. The van der Waals surface area contributed by atoms with E-state index in [0.29, 0.717) is 18.7 Å². The summed E-state index contributed by atoms with van der Waals surface area (Å²) in [5, 5.41) is 22.8. The molecule has 0 spiro atoms. The number of aliphatic hydroxyl groups is 1. The second-order valence-corrected chi connectivity index (χ2v) is 6.38. The predicted molar refractivity (Wildman–Crippen MR) is 106 cm³/mol. The molecule has 3 N–H and O–H groups in total. The minimum Gasteiger partial charge on any atom is -0.491 e. The lowest BCUT2D eigenvalue weighted by atomic mass is 10.1. The van der Waals surface area contributed by atoms with Gasteiger partial charge in [0, 0.05) is 18.8 Å². The predicted octanol–water partition coefficient (Wildman–Crippen LogP) is 3.47. The van der Waals surface area contributed by atoms with Gasteiger partial charge < -0.3 is 25.2 Å². The van der Waals surface area contributed by atoms with Crippen LogP contribution in [0.5, 0.6) is 5.75 Å². The van der Waals surface area contributed by atoms with Crippen LogP contribution in [0.2, 0.25) is 0 Å². The first-order chi connectivity index (χ1) is 13.1. The molecule has 0 aliphatic heterocycles. The normalized spacial score (nSPS) is 11.6. The number of ether oxygens (including phenoxy) is 1. The molecular weight excluding hydrogens is 344 g/mol. The maximum Gasteiger partial charge on any atom is 0.407 e. The van der Waals surface area contributed by atoms with Crippen LogP contribution >= 0.6 is 0 Å². The van der Waals surface area contributed by atoms with Gasteiger partial charge in [-0.25, -0.2) is 4.79 Å². The molecule has 0 saturated carbocycles. The van der Waals surface area contributed by atoms with Crippen LogP contribution in [0.3, 0.4) is 0 Å². The van der Waals surface area contributed by atoms with Gasteiger partial charge in [0.25, 0.3) is 0 Å². The molecule has 146 valence electrons. The topological polar surface area (TPSA) is 82.0 Å². The number of nitrogens with zero attached hydrogens (tertiary/aromatic N) is 1.